The molecule has 5 nitrogen and oxygen atoms in total. The molecule has 1 aliphatic carbocycles. The minimum Gasteiger partial charge on any atom is -0.340 e. The minimum absolute atomic E-state index is 0.651. The van der Waals surface area contributed by atoms with E-state index in [9.17, 15) is 0 Å². The third kappa shape index (κ3) is 2.14. The molecule has 0 fully saturated rings. The van der Waals surface area contributed by atoms with Crippen LogP contribution in [0.1, 0.15) is 23.5 Å². The lowest BCUT2D eigenvalue weighted by Crippen LogP contribution is -2.06. The van der Waals surface area contributed by atoms with Crippen molar-refractivity contribution in [2.24, 2.45) is 0 Å². The molecule has 2 aromatic heterocycles. The summed E-state index contributed by atoms with van der Waals surface area (Å²) in [5.74, 6) is 2.33. The number of benzene rings is 1. The van der Waals surface area contributed by atoms with Gasteiger partial charge in [-0.1, -0.05) is 17.7 Å². The van der Waals surface area contributed by atoms with Gasteiger partial charge in [0.2, 0.25) is 0 Å². The Morgan fingerprint density at radius 1 is 1.24 bits per heavy atom. The summed E-state index contributed by atoms with van der Waals surface area (Å²) >= 11 is 6.06. The monoisotopic (exact) mass is 299 g/mol. The van der Waals surface area contributed by atoms with Gasteiger partial charge in [-0.15, -0.1) is 5.10 Å². The van der Waals surface area contributed by atoms with Gasteiger partial charge in [-0.25, -0.2) is 4.98 Å². The second-order valence-electron chi connectivity index (χ2n) is 5.25. The average Bonchev–Trinajstić information content (AvgIpc) is 3.04. The molecule has 4 rings (SSSR count). The first kappa shape index (κ1) is 12.6. The van der Waals surface area contributed by atoms with Gasteiger partial charge >= 0.3 is 0 Å². The molecule has 3 aromatic rings. The van der Waals surface area contributed by atoms with E-state index >= 15 is 0 Å². The van der Waals surface area contributed by atoms with Gasteiger partial charge in [0.25, 0.3) is 5.78 Å². The number of nitrogens with one attached hydrogen (secondary N) is 1. The zero-order valence-electron chi connectivity index (χ0n) is 11.6. The van der Waals surface area contributed by atoms with E-state index in [-0.39, 0.29) is 0 Å². The van der Waals surface area contributed by atoms with Crippen molar-refractivity contribution in [3.05, 3.63) is 46.4 Å². The second kappa shape index (κ2) is 4.70. The maximum Gasteiger partial charge on any atom is 0.254 e. The molecule has 0 bridgehead atoms. The lowest BCUT2D eigenvalue weighted by molar-refractivity contribution is 0.899. The smallest absolute Gasteiger partial charge is 0.254 e. The number of halogens is 1. The molecule has 0 atom stereocenters. The third-order valence-corrected chi connectivity index (χ3v) is 3.94. The van der Waals surface area contributed by atoms with E-state index in [1.54, 1.807) is 4.52 Å². The minimum atomic E-state index is 0.651. The number of fused-ring (bicyclic) bond motifs is 2. The van der Waals surface area contributed by atoms with Crippen molar-refractivity contribution in [2.45, 2.75) is 26.2 Å². The van der Waals surface area contributed by atoms with Gasteiger partial charge in [-0.05, 0) is 44.4 Å². The summed E-state index contributed by atoms with van der Waals surface area (Å²) in [5, 5.41) is 8.60. The Balaban J connectivity index is 1.90. The Morgan fingerprint density at radius 2 is 2.14 bits per heavy atom. The molecular weight excluding hydrogens is 286 g/mol. The molecule has 6 heteroatoms. The predicted octanol–water partition coefficient (Wildman–Crippen LogP) is 3.32. The zero-order chi connectivity index (χ0) is 14.4. The van der Waals surface area contributed by atoms with Crippen molar-refractivity contribution in [1.82, 2.24) is 19.6 Å². The SMILES string of the molecule is Cc1nc2nc3c(c(Nc4cccc(Cl)c4)n2n1)CCC3. The van der Waals surface area contributed by atoms with E-state index in [0.717, 1.165) is 42.3 Å². The van der Waals surface area contributed by atoms with E-state index in [1.165, 1.54) is 5.56 Å². The standard InChI is InChI=1S/C15H14ClN5/c1-9-17-15-19-13-7-3-6-12(13)14(21(15)20-9)18-11-5-2-4-10(16)8-11/h2,4-5,8,18H,3,6-7H2,1H3. The number of hydrogen-bond acceptors (Lipinski definition) is 4. The summed E-state index contributed by atoms with van der Waals surface area (Å²) < 4.78 is 1.79. The van der Waals surface area contributed by atoms with Crippen LogP contribution in [0, 0.1) is 6.92 Å². The Hall–Kier alpha value is -2.14. The van der Waals surface area contributed by atoms with Crippen LogP contribution in [0.2, 0.25) is 5.02 Å². The van der Waals surface area contributed by atoms with Crippen LogP contribution in [0.4, 0.5) is 11.5 Å². The highest BCUT2D eigenvalue weighted by Crippen LogP contribution is 2.30. The molecule has 0 spiro atoms. The lowest BCUT2D eigenvalue weighted by atomic mass is 10.2. The van der Waals surface area contributed by atoms with Crippen LogP contribution in [0.3, 0.4) is 0 Å². The molecule has 1 N–H and O–H groups in total. The first-order valence-corrected chi connectivity index (χ1v) is 7.36. The van der Waals surface area contributed by atoms with Gasteiger partial charge in [-0.3, -0.25) is 0 Å². The van der Waals surface area contributed by atoms with Crippen LogP contribution in [-0.4, -0.2) is 19.6 Å². The number of nitrogens with zero attached hydrogens (tertiary/aromatic N) is 4. The number of anilines is 2. The second-order valence-corrected chi connectivity index (χ2v) is 5.68. The van der Waals surface area contributed by atoms with Crippen molar-refractivity contribution in [2.75, 3.05) is 5.32 Å². The molecule has 2 heterocycles. The first-order chi connectivity index (χ1) is 10.2. The number of rotatable bonds is 2. The van der Waals surface area contributed by atoms with Crippen LogP contribution in [0.25, 0.3) is 5.78 Å². The van der Waals surface area contributed by atoms with Crippen molar-refractivity contribution >= 4 is 28.9 Å². The fourth-order valence-electron chi connectivity index (χ4n) is 2.81. The van der Waals surface area contributed by atoms with Crippen LogP contribution in [-0.2, 0) is 12.8 Å². The number of aromatic nitrogens is 4. The zero-order valence-corrected chi connectivity index (χ0v) is 12.4. The molecule has 0 saturated heterocycles. The highest BCUT2D eigenvalue weighted by Gasteiger charge is 2.21. The topological polar surface area (TPSA) is 55.1 Å². The van der Waals surface area contributed by atoms with Crippen molar-refractivity contribution in [3.8, 4) is 0 Å². The number of aryl methyl sites for hydroxylation is 2. The highest BCUT2D eigenvalue weighted by atomic mass is 35.5. The van der Waals surface area contributed by atoms with Crippen LogP contribution < -0.4 is 5.32 Å². The Bertz CT molecular complexity index is 839. The average molecular weight is 300 g/mol. The maximum absolute atomic E-state index is 6.06. The highest BCUT2D eigenvalue weighted by molar-refractivity contribution is 6.30. The van der Waals surface area contributed by atoms with Gasteiger partial charge in [0.1, 0.15) is 11.6 Å². The molecule has 0 unspecified atom stereocenters. The molecule has 1 aliphatic rings. The molecule has 0 amide bonds. The fraction of sp³-hybridized carbons (Fsp3) is 0.267. The van der Waals surface area contributed by atoms with Crippen LogP contribution >= 0.6 is 11.6 Å². The fourth-order valence-corrected chi connectivity index (χ4v) is 3.00. The van der Waals surface area contributed by atoms with Crippen LogP contribution in [0.15, 0.2) is 24.3 Å². The molecule has 21 heavy (non-hydrogen) atoms. The molecular formula is C15H14ClN5. The van der Waals surface area contributed by atoms with Gasteiger partial charge in [0.05, 0.1) is 5.69 Å². The molecule has 106 valence electrons. The summed E-state index contributed by atoms with van der Waals surface area (Å²) in [5.41, 5.74) is 3.30. The third-order valence-electron chi connectivity index (χ3n) is 3.70. The lowest BCUT2D eigenvalue weighted by Gasteiger charge is -2.12. The van der Waals surface area contributed by atoms with Crippen molar-refractivity contribution < 1.29 is 0 Å². The maximum atomic E-state index is 6.06. The van der Waals surface area contributed by atoms with E-state index in [2.05, 4.69) is 20.4 Å². The van der Waals surface area contributed by atoms with Crippen LogP contribution in [0.5, 0.6) is 0 Å². The summed E-state index contributed by atoms with van der Waals surface area (Å²) in [6, 6.07) is 7.68. The summed E-state index contributed by atoms with van der Waals surface area (Å²) in [6.45, 7) is 1.88. The van der Waals surface area contributed by atoms with Gasteiger partial charge < -0.3 is 5.32 Å². The first-order valence-electron chi connectivity index (χ1n) is 6.98. The van der Waals surface area contributed by atoms with E-state index in [4.69, 9.17) is 11.6 Å². The quantitative estimate of drug-likeness (QED) is 0.788. The Morgan fingerprint density at radius 3 is 3.00 bits per heavy atom. The molecule has 0 saturated carbocycles. The molecule has 0 radical (unpaired) electrons. The summed E-state index contributed by atoms with van der Waals surface area (Å²) in [7, 11) is 0. The Labute approximate surface area is 127 Å². The number of hydrogen-bond donors (Lipinski definition) is 1. The molecule has 0 aliphatic heterocycles. The largest absolute Gasteiger partial charge is 0.340 e. The van der Waals surface area contributed by atoms with Gasteiger partial charge in [0.15, 0.2) is 0 Å². The van der Waals surface area contributed by atoms with E-state index in [1.807, 2.05) is 31.2 Å². The molecule has 1 aromatic carbocycles. The van der Waals surface area contributed by atoms with E-state index in [0.29, 0.717) is 10.8 Å². The van der Waals surface area contributed by atoms with Crippen molar-refractivity contribution in [1.29, 1.82) is 0 Å². The van der Waals surface area contributed by atoms with Crippen molar-refractivity contribution in [3.63, 3.8) is 0 Å². The predicted molar refractivity (Wildman–Crippen MR) is 82.3 cm³/mol. The summed E-state index contributed by atoms with van der Waals surface area (Å²) in [6.07, 6.45) is 3.14. The van der Waals surface area contributed by atoms with E-state index < -0.39 is 0 Å². The summed E-state index contributed by atoms with van der Waals surface area (Å²) in [4.78, 5) is 9.00. The Kier molecular flexibility index (Phi) is 2.82. The van der Waals surface area contributed by atoms with Gasteiger partial charge in [0, 0.05) is 16.3 Å². The van der Waals surface area contributed by atoms with Gasteiger partial charge in [-0.2, -0.15) is 9.50 Å². The normalized spacial score (nSPS) is 13.6.